The minimum atomic E-state index is -0.326. The Kier molecular flexibility index (Phi) is 4.84. The molecule has 0 spiro atoms. The predicted molar refractivity (Wildman–Crippen MR) is 111 cm³/mol. The molecule has 3 aromatic carbocycles. The van der Waals surface area contributed by atoms with E-state index in [-0.39, 0.29) is 18.5 Å². The molecule has 0 unspecified atom stereocenters. The normalized spacial score (nSPS) is 12.0. The van der Waals surface area contributed by atoms with Gasteiger partial charge in [-0.2, -0.15) is 0 Å². The fraction of sp³-hybridized carbons (Fsp3) is 0.0833. The Labute approximate surface area is 177 Å². The molecule has 0 saturated carbocycles. The van der Waals surface area contributed by atoms with E-state index in [1.807, 2.05) is 24.3 Å². The summed E-state index contributed by atoms with van der Waals surface area (Å²) in [5, 5.41) is 2.91. The Morgan fingerprint density at radius 1 is 1.00 bits per heavy atom. The molecule has 154 valence electrons. The summed E-state index contributed by atoms with van der Waals surface area (Å²) in [5.74, 6) is 1.59. The Morgan fingerprint density at radius 3 is 2.68 bits per heavy atom. The van der Waals surface area contributed by atoms with Crippen molar-refractivity contribution >= 4 is 5.91 Å². The van der Waals surface area contributed by atoms with Gasteiger partial charge in [0.2, 0.25) is 12.7 Å². The zero-order chi connectivity index (χ0) is 21.2. The van der Waals surface area contributed by atoms with Gasteiger partial charge in [-0.3, -0.25) is 4.79 Å². The molecule has 6 nitrogen and oxygen atoms in total. The quantitative estimate of drug-likeness (QED) is 0.506. The summed E-state index contributed by atoms with van der Waals surface area (Å²) < 4.78 is 29.7. The minimum absolute atomic E-state index is 0.203. The molecular formula is C24H17FN2O4. The Balaban J connectivity index is 1.35. The van der Waals surface area contributed by atoms with E-state index in [1.54, 1.807) is 36.5 Å². The molecular weight excluding hydrogens is 399 g/mol. The van der Waals surface area contributed by atoms with Gasteiger partial charge in [-0.1, -0.05) is 18.2 Å². The first-order chi connectivity index (χ1) is 15.2. The van der Waals surface area contributed by atoms with E-state index >= 15 is 0 Å². The number of halogens is 1. The number of fused-ring (bicyclic) bond motifs is 1. The summed E-state index contributed by atoms with van der Waals surface area (Å²) in [4.78, 5) is 17.2. The lowest BCUT2D eigenvalue weighted by Gasteiger charge is -2.09. The molecule has 31 heavy (non-hydrogen) atoms. The van der Waals surface area contributed by atoms with Gasteiger partial charge in [-0.15, -0.1) is 0 Å². The lowest BCUT2D eigenvalue weighted by atomic mass is 10.1. The van der Waals surface area contributed by atoms with E-state index in [2.05, 4.69) is 10.3 Å². The van der Waals surface area contributed by atoms with E-state index in [0.29, 0.717) is 46.4 Å². The van der Waals surface area contributed by atoms with Gasteiger partial charge in [0.25, 0.3) is 5.91 Å². The predicted octanol–water partition coefficient (Wildman–Crippen LogP) is 4.81. The zero-order valence-electron chi connectivity index (χ0n) is 16.3. The zero-order valence-corrected chi connectivity index (χ0v) is 16.3. The van der Waals surface area contributed by atoms with Gasteiger partial charge in [0, 0.05) is 17.7 Å². The van der Waals surface area contributed by atoms with Crippen LogP contribution in [-0.2, 0) is 6.54 Å². The highest BCUT2D eigenvalue weighted by Crippen LogP contribution is 2.32. The number of hydrogen-bond acceptors (Lipinski definition) is 5. The molecule has 2 heterocycles. The van der Waals surface area contributed by atoms with Crippen LogP contribution in [0.3, 0.4) is 0 Å². The van der Waals surface area contributed by atoms with Crippen molar-refractivity contribution in [2.45, 2.75) is 6.54 Å². The summed E-state index contributed by atoms with van der Waals surface area (Å²) in [6.45, 7) is 0.533. The third-order valence-electron chi connectivity index (χ3n) is 4.93. The molecule has 0 bridgehead atoms. The number of oxazole rings is 1. The molecule has 7 heteroatoms. The Bertz CT molecular complexity index is 1250. The fourth-order valence-corrected chi connectivity index (χ4v) is 3.34. The molecule has 0 radical (unpaired) electrons. The second-order valence-electron chi connectivity index (χ2n) is 6.95. The summed E-state index contributed by atoms with van der Waals surface area (Å²) in [6.07, 6.45) is 1.56. The van der Waals surface area contributed by atoms with Crippen LogP contribution in [0.15, 0.2) is 77.3 Å². The molecule has 5 rings (SSSR count). The van der Waals surface area contributed by atoms with Gasteiger partial charge in [-0.05, 0) is 54.1 Å². The molecule has 0 saturated heterocycles. The van der Waals surface area contributed by atoms with Crippen LogP contribution >= 0.6 is 0 Å². The molecule has 1 N–H and O–H groups in total. The van der Waals surface area contributed by atoms with Gasteiger partial charge in [0.15, 0.2) is 17.3 Å². The average Bonchev–Trinajstić information content (AvgIpc) is 3.47. The van der Waals surface area contributed by atoms with Crippen LogP contribution in [0, 0.1) is 5.82 Å². The van der Waals surface area contributed by atoms with Crippen molar-refractivity contribution in [2.24, 2.45) is 0 Å². The third-order valence-corrected chi connectivity index (χ3v) is 4.93. The molecule has 1 aliphatic heterocycles. The van der Waals surface area contributed by atoms with Crippen molar-refractivity contribution in [1.82, 2.24) is 10.3 Å². The largest absolute Gasteiger partial charge is 0.454 e. The van der Waals surface area contributed by atoms with Crippen LogP contribution in [0.25, 0.3) is 22.8 Å². The molecule has 1 amide bonds. The van der Waals surface area contributed by atoms with Crippen molar-refractivity contribution in [2.75, 3.05) is 6.79 Å². The first kappa shape index (κ1) is 18.9. The molecule has 1 aliphatic rings. The van der Waals surface area contributed by atoms with Crippen LogP contribution in [0.2, 0.25) is 0 Å². The van der Waals surface area contributed by atoms with Crippen molar-refractivity contribution in [3.63, 3.8) is 0 Å². The first-order valence-electron chi connectivity index (χ1n) is 9.65. The van der Waals surface area contributed by atoms with Crippen molar-refractivity contribution in [3.05, 3.63) is 89.9 Å². The monoisotopic (exact) mass is 416 g/mol. The fourth-order valence-electron chi connectivity index (χ4n) is 3.34. The van der Waals surface area contributed by atoms with Crippen molar-refractivity contribution in [3.8, 4) is 34.3 Å². The number of carbonyl (C=O) groups excluding carboxylic acids is 1. The highest BCUT2D eigenvalue weighted by molar-refractivity contribution is 6.00. The molecule has 4 aromatic rings. The van der Waals surface area contributed by atoms with E-state index < -0.39 is 0 Å². The first-order valence-corrected chi connectivity index (χ1v) is 9.65. The van der Waals surface area contributed by atoms with Crippen molar-refractivity contribution < 1.29 is 23.1 Å². The standard InChI is InChI=1S/C24H17FN2O4/c25-17-8-6-16(7-9-17)22-13-27-24(31-22)19-4-2-1-3-18(19)23(28)26-12-15-5-10-20-21(11-15)30-14-29-20/h1-11,13H,12,14H2,(H,26,28). The average molecular weight is 416 g/mol. The number of rotatable bonds is 5. The molecule has 0 fully saturated rings. The van der Waals surface area contributed by atoms with Crippen molar-refractivity contribution in [1.29, 1.82) is 0 Å². The molecule has 1 aromatic heterocycles. The highest BCUT2D eigenvalue weighted by atomic mass is 19.1. The van der Waals surface area contributed by atoms with Gasteiger partial charge in [0.1, 0.15) is 5.82 Å². The van der Waals surface area contributed by atoms with E-state index in [0.717, 1.165) is 5.56 Å². The number of ether oxygens (including phenoxy) is 2. The van der Waals surface area contributed by atoms with Crippen LogP contribution in [0.4, 0.5) is 4.39 Å². The smallest absolute Gasteiger partial charge is 0.252 e. The SMILES string of the molecule is O=C(NCc1ccc2c(c1)OCO2)c1ccccc1-c1ncc(-c2ccc(F)cc2)o1. The highest BCUT2D eigenvalue weighted by Gasteiger charge is 2.18. The summed E-state index contributed by atoms with van der Waals surface area (Å²) in [7, 11) is 0. The minimum Gasteiger partial charge on any atom is -0.454 e. The van der Waals surface area contributed by atoms with Gasteiger partial charge >= 0.3 is 0 Å². The Hall–Kier alpha value is -4.13. The maximum absolute atomic E-state index is 13.2. The second kappa shape index (κ2) is 7.95. The number of carbonyl (C=O) groups is 1. The van der Waals surface area contributed by atoms with E-state index in [4.69, 9.17) is 13.9 Å². The summed E-state index contributed by atoms with van der Waals surface area (Å²) in [6, 6.07) is 18.6. The second-order valence-corrected chi connectivity index (χ2v) is 6.95. The lowest BCUT2D eigenvalue weighted by molar-refractivity contribution is 0.0951. The number of hydrogen-bond donors (Lipinski definition) is 1. The molecule has 0 atom stereocenters. The number of benzene rings is 3. The number of aromatic nitrogens is 1. The maximum Gasteiger partial charge on any atom is 0.252 e. The Morgan fingerprint density at radius 2 is 1.81 bits per heavy atom. The molecule has 0 aliphatic carbocycles. The van der Waals surface area contributed by atoms with E-state index in [1.165, 1.54) is 12.1 Å². The van der Waals surface area contributed by atoms with E-state index in [9.17, 15) is 9.18 Å². The number of amides is 1. The lowest BCUT2D eigenvalue weighted by Crippen LogP contribution is -2.23. The topological polar surface area (TPSA) is 73.6 Å². The van der Waals surface area contributed by atoms with Crippen LogP contribution in [0.5, 0.6) is 11.5 Å². The number of nitrogens with one attached hydrogen (secondary N) is 1. The van der Waals surface area contributed by atoms with Gasteiger partial charge in [-0.25, -0.2) is 9.37 Å². The number of nitrogens with zero attached hydrogens (tertiary/aromatic N) is 1. The third kappa shape index (κ3) is 3.85. The summed E-state index contributed by atoms with van der Waals surface area (Å²) >= 11 is 0. The van der Waals surface area contributed by atoms with Gasteiger partial charge < -0.3 is 19.2 Å². The van der Waals surface area contributed by atoms with Gasteiger partial charge in [0.05, 0.1) is 11.8 Å². The van der Waals surface area contributed by atoms with Crippen LogP contribution in [0.1, 0.15) is 15.9 Å². The van der Waals surface area contributed by atoms with Crippen LogP contribution < -0.4 is 14.8 Å². The van der Waals surface area contributed by atoms with Crippen LogP contribution in [-0.4, -0.2) is 17.7 Å². The maximum atomic E-state index is 13.2. The summed E-state index contributed by atoms with van der Waals surface area (Å²) in [5.41, 5.74) is 2.60.